The third kappa shape index (κ3) is 5.43. The second-order valence-electron chi connectivity index (χ2n) is 12.4. The van der Waals surface area contributed by atoms with Crippen molar-refractivity contribution >= 4 is 22.5 Å². The molecule has 214 valence electrons. The molecule has 8 nitrogen and oxygen atoms in total. The zero-order chi connectivity index (χ0) is 28.7. The molecule has 1 N–H and O–H groups in total. The van der Waals surface area contributed by atoms with Crippen molar-refractivity contribution in [2.24, 2.45) is 5.41 Å². The van der Waals surface area contributed by atoms with E-state index >= 15 is 0 Å². The summed E-state index contributed by atoms with van der Waals surface area (Å²) in [5, 5.41) is 11.9. The summed E-state index contributed by atoms with van der Waals surface area (Å²) in [5.41, 5.74) is 3.00. The van der Waals surface area contributed by atoms with Gasteiger partial charge in [0.25, 0.3) is 5.91 Å². The number of terminal acetylenes is 1. The molecule has 1 atom stereocenters. The largest absolute Gasteiger partial charge is 0.508 e. The van der Waals surface area contributed by atoms with Crippen LogP contribution in [0.1, 0.15) is 72.6 Å². The Hall–Kier alpha value is -3.83. The maximum atomic E-state index is 14.1. The number of rotatable bonds is 7. The normalized spacial score (nSPS) is 19.6. The van der Waals surface area contributed by atoms with Crippen LogP contribution in [-0.4, -0.2) is 70.6 Å². The van der Waals surface area contributed by atoms with Gasteiger partial charge >= 0.3 is 6.01 Å². The smallest absolute Gasteiger partial charge is 0.318 e. The first-order chi connectivity index (χ1) is 19.8. The summed E-state index contributed by atoms with van der Waals surface area (Å²) in [4.78, 5) is 30.3. The molecule has 1 aromatic heterocycles. The van der Waals surface area contributed by atoms with Crippen LogP contribution in [0.25, 0.3) is 10.8 Å². The van der Waals surface area contributed by atoms with Crippen molar-refractivity contribution in [3.8, 4) is 24.1 Å². The Balaban J connectivity index is 1.35. The summed E-state index contributed by atoms with van der Waals surface area (Å²) >= 11 is 0. The van der Waals surface area contributed by atoms with Crippen LogP contribution in [0.3, 0.4) is 0 Å². The number of ether oxygens (including phenoxy) is 1. The maximum Gasteiger partial charge on any atom is 0.318 e. The van der Waals surface area contributed by atoms with Gasteiger partial charge in [0.1, 0.15) is 11.6 Å². The summed E-state index contributed by atoms with van der Waals surface area (Å²) < 4.78 is 6.31. The van der Waals surface area contributed by atoms with E-state index in [1.165, 1.54) is 18.9 Å². The number of aromatic hydroxyl groups is 1. The third-order valence-corrected chi connectivity index (χ3v) is 8.82. The minimum atomic E-state index is -0.188. The predicted molar refractivity (Wildman–Crippen MR) is 160 cm³/mol. The van der Waals surface area contributed by atoms with Crippen LogP contribution in [-0.2, 0) is 13.1 Å². The number of nitrogens with zero attached hydrogens (tertiary/aromatic N) is 5. The van der Waals surface area contributed by atoms with Crippen LogP contribution in [0.5, 0.6) is 11.8 Å². The van der Waals surface area contributed by atoms with Gasteiger partial charge in [-0.05, 0) is 70.3 Å². The van der Waals surface area contributed by atoms with Crippen molar-refractivity contribution in [1.82, 2.24) is 19.8 Å². The highest BCUT2D eigenvalue weighted by Crippen LogP contribution is 2.46. The Morgan fingerprint density at radius 1 is 1.20 bits per heavy atom. The molecule has 0 spiro atoms. The monoisotopic (exact) mass is 553 g/mol. The first-order valence-electron chi connectivity index (χ1n) is 14.7. The van der Waals surface area contributed by atoms with E-state index in [9.17, 15) is 9.90 Å². The molecule has 6 rings (SSSR count). The van der Waals surface area contributed by atoms with Crippen LogP contribution in [0.4, 0.5) is 5.82 Å². The van der Waals surface area contributed by atoms with Gasteiger partial charge in [0.05, 0.1) is 31.0 Å². The predicted octanol–water partition coefficient (Wildman–Crippen LogP) is 4.96. The van der Waals surface area contributed by atoms with E-state index in [1.54, 1.807) is 11.0 Å². The molecule has 3 aliphatic rings. The fourth-order valence-electron chi connectivity index (χ4n) is 6.54. The van der Waals surface area contributed by atoms with Crippen molar-refractivity contribution < 1.29 is 14.6 Å². The molecule has 3 heterocycles. The highest BCUT2D eigenvalue weighted by Gasteiger charge is 2.44. The first kappa shape index (κ1) is 27.3. The molecular weight excluding hydrogens is 514 g/mol. The number of phenols is 1. The molecule has 41 heavy (non-hydrogen) atoms. The number of aromatic nitrogens is 2. The molecule has 0 radical (unpaired) electrons. The third-order valence-electron chi connectivity index (χ3n) is 8.82. The maximum absolute atomic E-state index is 14.1. The first-order valence-corrected chi connectivity index (χ1v) is 14.7. The van der Waals surface area contributed by atoms with E-state index in [1.807, 2.05) is 18.2 Å². The summed E-state index contributed by atoms with van der Waals surface area (Å²) in [5.74, 6) is 3.44. The zero-order valence-electron chi connectivity index (χ0n) is 24.3. The molecule has 0 unspecified atom stereocenters. The Morgan fingerprint density at radius 2 is 2.02 bits per heavy atom. The number of fused-ring (bicyclic) bond motifs is 2. The quantitative estimate of drug-likeness (QED) is 0.414. The van der Waals surface area contributed by atoms with E-state index in [-0.39, 0.29) is 17.1 Å². The molecule has 3 aromatic rings. The Bertz CT molecular complexity index is 1520. The number of carbonyl (C=O) groups is 1. The SMILES string of the molecule is C#Cc1cccc2cc(O)cc(C(=O)N3Cc4nc(OCC5(CN(C)C)CC5)nc(N5CCCCC[C@@H]5C)c4C3)c12. The molecule has 2 aliphatic heterocycles. The molecular formula is C33H39N5O3. The van der Waals surface area contributed by atoms with Crippen LogP contribution >= 0.6 is 0 Å². The molecule has 1 amide bonds. The second-order valence-corrected chi connectivity index (χ2v) is 12.4. The summed E-state index contributed by atoms with van der Waals surface area (Å²) in [7, 11) is 4.19. The van der Waals surface area contributed by atoms with Crippen molar-refractivity contribution in [2.45, 2.75) is 64.6 Å². The minimum Gasteiger partial charge on any atom is -0.508 e. The summed E-state index contributed by atoms with van der Waals surface area (Å²) in [6.45, 7) is 5.49. The number of anilines is 1. The molecule has 2 fully saturated rings. The fraction of sp³-hybridized carbons (Fsp3) is 0.485. The van der Waals surface area contributed by atoms with Gasteiger partial charge in [-0.1, -0.05) is 30.9 Å². The van der Waals surface area contributed by atoms with Crippen LogP contribution in [0.2, 0.25) is 0 Å². The molecule has 1 saturated carbocycles. The zero-order valence-corrected chi connectivity index (χ0v) is 24.3. The minimum absolute atomic E-state index is 0.0352. The lowest BCUT2D eigenvalue weighted by Gasteiger charge is -2.30. The Labute approximate surface area is 242 Å². The van der Waals surface area contributed by atoms with Crippen molar-refractivity contribution in [2.75, 3.05) is 38.7 Å². The highest BCUT2D eigenvalue weighted by atomic mass is 16.5. The molecule has 0 bridgehead atoms. The number of carbonyl (C=O) groups excluding carboxylic acids is 1. The van der Waals surface area contributed by atoms with E-state index in [2.05, 4.69) is 36.7 Å². The second kappa shape index (κ2) is 10.9. The van der Waals surface area contributed by atoms with Gasteiger partial charge in [0.15, 0.2) is 0 Å². The highest BCUT2D eigenvalue weighted by molar-refractivity contribution is 6.09. The van der Waals surface area contributed by atoms with E-state index in [0.29, 0.717) is 48.3 Å². The Morgan fingerprint density at radius 3 is 2.78 bits per heavy atom. The average Bonchev–Trinajstić information content (AvgIpc) is 3.63. The number of hydrogen-bond acceptors (Lipinski definition) is 7. The van der Waals surface area contributed by atoms with Crippen LogP contribution in [0.15, 0.2) is 30.3 Å². The van der Waals surface area contributed by atoms with E-state index in [4.69, 9.17) is 21.1 Å². The number of amides is 1. The van der Waals surface area contributed by atoms with Crippen molar-refractivity contribution in [3.05, 3.63) is 52.7 Å². The molecule has 8 heteroatoms. The topological polar surface area (TPSA) is 82.0 Å². The summed E-state index contributed by atoms with van der Waals surface area (Å²) in [6.07, 6.45) is 12.7. The van der Waals surface area contributed by atoms with Gasteiger partial charge in [-0.3, -0.25) is 4.79 Å². The van der Waals surface area contributed by atoms with E-state index in [0.717, 1.165) is 61.2 Å². The van der Waals surface area contributed by atoms with Gasteiger partial charge in [-0.25, -0.2) is 0 Å². The van der Waals surface area contributed by atoms with Gasteiger partial charge in [0, 0.05) is 41.1 Å². The van der Waals surface area contributed by atoms with Gasteiger partial charge in [-0.15, -0.1) is 6.42 Å². The van der Waals surface area contributed by atoms with Crippen LogP contribution in [0, 0.1) is 17.8 Å². The number of hydrogen-bond donors (Lipinski definition) is 1. The standard InChI is InChI=1S/C33H39N5O3/c1-5-23-11-9-12-24-16-25(39)17-26(29(23)24)31(40)37-18-27-28(19-37)34-32(41-21-33(13-14-33)20-36(3)4)35-30(27)38-15-8-6-7-10-22(38)2/h1,9,11-12,16-17,22,39H,6-8,10,13-15,18-21H2,2-4H3/t22-/m0/s1. The van der Waals surface area contributed by atoms with Gasteiger partial charge < -0.3 is 24.5 Å². The summed E-state index contributed by atoms with van der Waals surface area (Å²) in [6, 6.07) is 9.42. The lowest BCUT2D eigenvalue weighted by atomic mass is 9.98. The fourth-order valence-corrected chi connectivity index (χ4v) is 6.54. The lowest BCUT2D eigenvalue weighted by molar-refractivity contribution is 0.0752. The van der Waals surface area contributed by atoms with Crippen LogP contribution < -0.4 is 9.64 Å². The Kier molecular flexibility index (Phi) is 7.25. The number of phenolic OH excluding ortho intramolecular Hbond substituents is 1. The van der Waals surface area contributed by atoms with Crippen molar-refractivity contribution in [3.63, 3.8) is 0 Å². The number of benzene rings is 2. The molecule has 2 aromatic carbocycles. The van der Waals surface area contributed by atoms with Crippen molar-refractivity contribution in [1.29, 1.82) is 0 Å². The van der Waals surface area contributed by atoms with E-state index < -0.39 is 0 Å². The lowest BCUT2D eigenvalue weighted by Crippen LogP contribution is -2.34. The average molecular weight is 554 g/mol. The molecule has 1 saturated heterocycles. The molecule has 1 aliphatic carbocycles. The van der Waals surface area contributed by atoms with Gasteiger partial charge in [0.2, 0.25) is 0 Å². The van der Waals surface area contributed by atoms with Gasteiger partial charge in [-0.2, -0.15) is 9.97 Å².